The lowest BCUT2D eigenvalue weighted by atomic mass is 10.1. The van der Waals surface area contributed by atoms with Gasteiger partial charge in [0.1, 0.15) is 5.82 Å². The first-order chi connectivity index (χ1) is 10.7. The zero-order valence-electron chi connectivity index (χ0n) is 12.0. The maximum Gasteiger partial charge on any atom is 0.335 e. The molecular formula is C16H18N2O3S. The van der Waals surface area contributed by atoms with Gasteiger partial charge in [-0.25, -0.2) is 9.78 Å². The Labute approximate surface area is 133 Å². The highest BCUT2D eigenvalue weighted by Crippen LogP contribution is 2.15. The Kier molecular flexibility index (Phi) is 6.24. The highest BCUT2D eigenvalue weighted by atomic mass is 32.2. The van der Waals surface area contributed by atoms with Crippen molar-refractivity contribution in [3.05, 3.63) is 59.3 Å². The second kappa shape index (κ2) is 8.41. The molecule has 0 saturated carbocycles. The zero-order chi connectivity index (χ0) is 15.8. The van der Waals surface area contributed by atoms with E-state index in [0.717, 1.165) is 22.7 Å². The normalized spacial score (nSPS) is 10.4. The number of aliphatic hydroxyl groups is 1. The van der Waals surface area contributed by atoms with Crippen molar-refractivity contribution < 1.29 is 15.0 Å². The number of carbonyl (C=O) groups is 1. The molecule has 1 aromatic heterocycles. The molecule has 0 spiro atoms. The van der Waals surface area contributed by atoms with Crippen LogP contribution in [-0.2, 0) is 12.3 Å². The van der Waals surface area contributed by atoms with Crippen LogP contribution in [0.25, 0.3) is 0 Å². The van der Waals surface area contributed by atoms with Crippen LogP contribution in [0.1, 0.15) is 21.5 Å². The third kappa shape index (κ3) is 5.05. The standard InChI is InChI=1S/C16H18N2O3S/c19-6-7-22-11-13-4-5-17-15(9-13)18-10-12-2-1-3-14(8-12)16(20)21/h1-5,8-9,19H,6-7,10-11H2,(H,17,18)(H,20,21). The molecule has 0 saturated heterocycles. The van der Waals surface area contributed by atoms with Crippen molar-refractivity contribution in [3.63, 3.8) is 0 Å². The summed E-state index contributed by atoms with van der Waals surface area (Å²) in [6, 6.07) is 10.7. The number of carboxylic acids is 1. The molecule has 2 aromatic rings. The number of anilines is 1. The lowest BCUT2D eigenvalue weighted by molar-refractivity contribution is 0.0696. The second-order valence-corrected chi connectivity index (χ2v) is 5.79. The monoisotopic (exact) mass is 318 g/mol. The van der Waals surface area contributed by atoms with Crippen molar-refractivity contribution in [1.82, 2.24) is 4.98 Å². The van der Waals surface area contributed by atoms with Gasteiger partial charge in [0, 0.05) is 24.2 Å². The minimum absolute atomic E-state index is 0.181. The summed E-state index contributed by atoms with van der Waals surface area (Å²) in [4.78, 5) is 15.2. The fourth-order valence-electron chi connectivity index (χ4n) is 1.92. The SMILES string of the molecule is O=C(O)c1cccc(CNc2cc(CSCCO)ccn2)c1. The van der Waals surface area contributed by atoms with E-state index in [1.807, 2.05) is 18.2 Å². The number of benzene rings is 1. The van der Waals surface area contributed by atoms with Crippen molar-refractivity contribution in [2.24, 2.45) is 0 Å². The Morgan fingerprint density at radius 2 is 2.09 bits per heavy atom. The fraction of sp³-hybridized carbons (Fsp3) is 0.250. The van der Waals surface area contributed by atoms with Crippen LogP contribution < -0.4 is 5.32 Å². The average molecular weight is 318 g/mol. The molecular weight excluding hydrogens is 300 g/mol. The van der Waals surface area contributed by atoms with Crippen LogP contribution in [-0.4, -0.2) is 33.5 Å². The zero-order valence-corrected chi connectivity index (χ0v) is 12.8. The molecule has 0 aliphatic rings. The lowest BCUT2D eigenvalue weighted by Gasteiger charge is -2.08. The predicted molar refractivity (Wildman–Crippen MR) is 88.2 cm³/mol. The number of nitrogens with one attached hydrogen (secondary N) is 1. The van der Waals surface area contributed by atoms with Crippen molar-refractivity contribution >= 4 is 23.5 Å². The van der Waals surface area contributed by atoms with E-state index in [4.69, 9.17) is 10.2 Å². The van der Waals surface area contributed by atoms with Gasteiger partial charge in [-0.15, -0.1) is 0 Å². The number of aliphatic hydroxyl groups excluding tert-OH is 1. The molecule has 0 radical (unpaired) electrons. The van der Waals surface area contributed by atoms with Crippen LogP contribution in [0.3, 0.4) is 0 Å². The molecule has 5 nitrogen and oxygen atoms in total. The first-order valence-electron chi connectivity index (χ1n) is 6.88. The van der Waals surface area contributed by atoms with E-state index < -0.39 is 5.97 Å². The molecule has 116 valence electrons. The second-order valence-electron chi connectivity index (χ2n) is 4.68. The summed E-state index contributed by atoms with van der Waals surface area (Å²) in [7, 11) is 0. The summed E-state index contributed by atoms with van der Waals surface area (Å²) >= 11 is 1.66. The number of aromatic carboxylic acids is 1. The molecule has 6 heteroatoms. The number of rotatable bonds is 8. The molecule has 1 aromatic carbocycles. The van der Waals surface area contributed by atoms with Gasteiger partial charge in [0.05, 0.1) is 12.2 Å². The molecule has 0 aliphatic carbocycles. The summed E-state index contributed by atoms with van der Waals surface area (Å²) in [5, 5.41) is 21.0. The minimum atomic E-state index is -0.928. The summed E-state index contributed by atoms with van der Waals surface area (Å²) in [6.07, 6.45) is 1.74. The van der Waals surface area contributed by atoms with Gasteiger partial charge in [0.2, 0.25) is 0 Å². The van der Waals surface area contributed by atoms with Crippen LogP contribution in [0.15, 0.2) is 42.6 Å². The van der Waals surface area contributed by atoms with E-state index >= 15 is 0 Å². The molecule has 1 heterocycles. The van der Waals surface area contributed by atoms with Gasteiger partial charge in [0.25, 0.3) is 0 Å². The summed E-state index contributed by atoms with van der Waals surface area (Å²) < 4.78 is 0. The van der Waals surface area contributed by atoms with Gasteiger partial charge in [-0.05, 0) is 35.4 Å². The molecule has 3 N–H and O–H groups in total. The summed E-state index contributed by atoms with van der Waals surface area (Å²) in [6.45, 7) is 0.697. The molecule has 0 aliphatic heterocycles. The maximum atomic E-state index is 10.9. The van der Waals surface area contributed by atoms with E-state index in [1.165, 1.54) is 0 Å². The number of pyridine rings is 1. The van der Waals surface area contributed by atoms with E-state index in [1.54, 1.807) is 36.2 Å². The van der Waals surface area contributed by atoms with Gasteiger partial charge < -0.3 is 15.5 Å². The van der Waals surface area contributed by atoms with Gasteiger partial charge in [-0.3, -0.25) is 0 Å². The molecule has 0 bridgehead atoms. The molecule has 0 amide bonds. The van der Waals surface area contributed by atoms with Crippen molar-refractivity contribution in [1.29, 1.82) is 0 Å². The minimum Gasteiger partial charge on any atom is -0.478 e. The largest absolute Gasteiger partial charge is 0.478 e. The van der Waals surface area contributed by atoms with Gasteiger partial charge in [-0.1, -0.05) is 12.1 Å². The first kappa shape index (κ1) is 16.3. The summed E-state index contributed by atoms with van der Waals surface area (Å²) in [5.41, 5.74) is 2.30. The highest BCUT2D eigenvalue weighted by molar-refractivity contribution is 7.98. The molecule has 22 heavy (non-hydrogen) atoms. The molecule has 0 unspecified atom stereocenters. The van der Waals surface area contributed by atoms with Crippen LogP contribution in [0.4, 0.5) is 5.82 Å². The van der Waals surface area contributed by atoms with E-state index in [-0.39, 0.29) is 12.2 Å². The van der Waals surface area contributed by atoms with Crippen LogP contribution >= 0.6 is 11.8 Å². The van der Waals surface area contributed by atoms with Crippen molar-refractivity contribution in [2.75, 3.05) is 17.7 Å². The van der Waals surface area contributed by atoms with Gasteiger partial charge >= 0.3 is 5.97 Å². The maximum absolute atomic E-state index is 10.9. The van der Waals surface area contributed by atoms with E-state index in [0.29, 0.717) is 12.3 Å². The third-order valence-electron chi connectivity index (χ3n) is 2.98. The number of carboxylic acid groups (broad SMARTS) is 1. The Morgan fingerprint density at radius 3 is 2.86 bits per heavy atom. The van der Waals surface area contributed by atoms with E-state index in [9.17, 15) is 4.79 Å². The Bertz CT molecular complexity index is 634. The molecule has 0 atom stereocenters. The molecule has 2 rings (SSSR count). The van der Waals surface area contributed by atoms with Gasteiger partial charge in [-0.2, -0.15) is 11.8 Å². The van der Waals surface area contributed by atoms with Crippen molar-refractivity contribution in [3.8, 4) is 0 Å². The molecule has 0 fully saturated rings. The Balaban J connectivity index is 1.95. The topological polar surface area (TPSA) is 82.5 Å². The third-order valence-corrected chi connectivity index (χ3v) is 3.98. The highest BCUT2D eigenvalue weighted by Gasteiger charge is 2.03. The van der Waals surface area contributed by atoms with Gasteiger partial charge in [0.15, 0.2) is 0 Å². The Hall–Kier alpha value is -2.05. The first-order valence-corrected chi connectivity index (χ1v) is 8.04. The van der Waals surface area contributed by atoms with Crippen LogP contribution in [0, 0.1) is 0 Å². The number of aromatic nitrogens is 1. The number of hydrogen-bond acceptors (Lipinski definition) is 5. The average Bonchev–Trinajstić information content (AvgIpc) is 2.54. The Morgan fingerprint density at radius 1 is 1.23 bits per heavy atom. The fourth-order valence-corrected chi connectivity index (χ4v) is 2.61. The quantitative estimate of drug-likeness (QED) is 0.649. The van der Waals surface area contributed by atoms with Crippen LogP contribution in [0.5, 0.6) is 0 Å². The summed E-state index contributed by atoms with van der Waals surface area (Å²) in [5.74, 6) is 1.37. The smallest absolute Gasteiger partial charge is 0.335 e. The lowest BCUT2D eigenvalue weighted by Crippen LogP contribution is -2.03. The predicted octanol–water partition coefficient (Wildman–Crippen LogP) is 2.62. The number of thioether (sulfide) groups is 1. The van der Waals surface area contributed by atoms with E-state index in [2.05, 4.69) is 10.3 Å². The van der Waals surface area contributed by atoms with Crippen LogP contribution in [0.2, 0.25) is 0 Å². The number of hydrogen-bond donors (Lipinski definition) is 3. The van der Waals surface area contributed by atoms with Crippen molar-refractivity contribution in [2.45, 2.75) is 12.3 Å². The number of nitrogens with zero attached hydrogens (tertiary/aromatic N) is 1.